The molecular weight excluding hydrogens is 348 g/mol. The SMILES string of the molecule is CCNC(=NCc1ccc(CN(C)C)cc1)N1CCN(c2ccccn2)CC1. The Balaban J connectivity index is 1.58. The minimum Gasteiger partial charge on any atom is -0.357 e. The summed E-state index contributed by atoms with van der Waals surface area (Å²) in [6.07, 6.45) is 1.86. The zero-order valence-corrected chi connectivity index (χ0v) is 17.3. The van der Waals surface area contributed by atoms with Gasteiger partial charge in [-0.2, -0.15) is 0 Å². The molecule has 1 aliphatic rings. The molecule has 3 rings (SSSR count). The van der Waals surface area contributed by atoms with Gasteiger partial charge in [0.05, 0.1) is 6.54 Å². The molecule has 0 unspecified atom stereocenters. The van der Waals surface area contributed by atoms with Crippen LogP contribution in [0.1, 0.15) is 18.1 Å². The third kappa shape index (κ3) is 5.70. The highest BCUT2D eigenvalue weighted by atomic mass is 15.4. The Bertz CT molecular complexity index is 733. The number of anilines is 1. The molecule has 150 valence electrons. The standard InChI is InChI=1S/C22H32N6/c1-4-23-22(25-17-19-8-10-20(11-9-19)18-26(2)3)28-15-13-27(14-16-28)21-7-5-6-12-24-21/h5-12H,4,13-18H2,1-3H3,(H,23,25). The second kappa shape index (κ2) is 10.1. The van der Waals surface area contributed by atoms with Crippen molar-refractivity contribution in [3.8, 4) is 0 Å². The molecule has 0 spiro atoms. The van der Waals surface area contributed by atoms with Gasteiger partial charge in [-0.1, -0.05) is 30.3 Å². The van der Waals surface area contributed by atoms with Gasteiger partial charge in [0.2, 0.25) is 0 Å². The van der Waals surface area contributed by atoms with E-state index in [1.807, 2.05) is 18.3 Å². The van der Waals surface area contributed by atoms with Crippen LogP contribution in [0.4, 0.5) is 5.82 Å². The number of nitrogens with one attached hydrogen (secondary N) is 1. The van der Waals surface area contributed by atoms with E-state index in [2.05, 4.69) is 76.4 Å². The molecule has 2 heterocycles. The topological polar surface area (TPSA) is 47.0 Å². The van der Waals surface area contributed by atoms with E-state index in [9.17, 15) is 0 Å². The molecular formula is C22H32N6. The molecule has 6 nitrogen and oxygen atoms in total. The van der Waals surface area contributed by atoms with E-state index in [1.54, 1.807) is 0 Å². The summed E-state index contributed by atoms with van der Waals surface area (Å²) in [6.45, 7) is 8.48. The second-order valence-electron chi connectivity index (χ2n) is 7.39. The van der Waals surface area contributed by atoms with Crippen LogP contribution in [0.15, 0.2) is 53.7 Å². The van der Waals surface area contributed by atoms with E-state index in [0.717, 1.165) is 51.0 Å². The summed E-state index contributed by atoms with van der Waals surface area (Å²) in [6, 6.07) is 14.9. The van der Waals surface area contributed by atoms with Gasteiger partial charge in [0.25, 0.3) is 0 Å². The van der Waals surface area contributed by atoms with Crippen LogP contribution in [0.25, 0.3) is 0 Å². The number of rotatable bonds is 6. The number of hydrogen-bond acceptors (Lipinski definition) is 4. The van der Waals surface area contributed by atoms with Crippen molar-refractivity contribution in [1.82, 2.24) is 20.1 Å². The van der Waals surface area contributed by atoms with Crippen LogP contribution >= 0.6 is 0 Å². The first-order chi connectivity index (χ1) is 13.7. The molecule has 1 aromatic heterocycles. The number of benzene rings is 1. The molecule has 1 fully saturated rings. The summed E-state index contributed by atoms with van der Waals surface area (Å²) in [5.74, 6) is 2.06. The van der Waals surface area contributed by atoms with E-state index in [-0.39, 0.29) is 0 Å². The Morgan fingerprint density at radius 1 is 1.04 bits per heavy atom. The maximum atomic E-state index is 4.88. The lowest BCUT2D eigenvalue weighted by molar-refractivity contribution is 0.371. The summed E-state index contributed by atoms with van der Waals surface area (Å²) in [4.78, 5) is 16.2. The molecule has 1 saturated heterocycles. The van der Waals surface area contributed by atoms with E-state index < -0.39 is 0 Å². The van der Waals surface area contributed by atoms with Crippen LogP contribution in [0.5, 0.6) is 0 Å². The van der Waals surface area contributed by atoms with E-state index in [0.29, 0.717) is 6.54 Å². The lowest BCUT2D eigenvalue weighted by atomic mass is 10.1. The lowest BCUT2D eigenvalue weighted by Crippen LogP contribution is -2.52. The largest absolute Gasteiger partial charge is 0.357 e. The Labute approximate surface area is 168 Å². The van der Waals surface area contributed by atoms with Crippen LogP contribution in [-0.2, 0) is 13.1 Å². The summed E-state index contributed by atoms with van der Waals surface area (Å²) >= 11 is 0. The number of hydrogen-bond donors (Lipinski definition) is 1. The van der Waals surface area contributed by atoms with Crippen LogP contribution < -0.4 is 10.2 Å². The normalized spacial score (nSPS) is 15.2. The van der Waals surface area contributed by atoms with Crippen molar-refractivity contribution >= 4 is 11.8 Å². The predicted octanol–water partition coefficient (Wildman–Crippen LogP) is 2.43. The number of nitrogens with zero attached hydrogens (tertiary/aromatic N) is 5. The molecule has 0 saturated carbocycles. The fourth-order valence-corrected chi connectivity index (χ4v) is 3.40. The van der Waals surface area contributed by atoms with Crippen LogP contribution in [0.2, 0.25) is 0 Å². The quantitative estimate of drug-likeness (QED) is 0.616. The van der Waals surface area contributed by atoms with Gasteiger partial charge < -0.3 is 20.0 Å². The van der Waals surface area contributed by atoms with Gasteiger partial charge in [-0.3, -0.25) is 0 Å². The second-order valence-corrected chi connectivity index (χ2v) is 7.39. The van der Waals surface area contributed by atoms with Gasteiger partial charge in [-0.25, -0.2) is 9.98 Å². The average molecular weight is 381 g/mol. The van der Waals surface area contributed by atoms with Crippen molar-refractivity contribution in [2.24, 2.45) is 4.99 Å². The van der Waals surface area contributed by atoms with Crippen LogP contribution in [-0.4, -0.2) is 67.6 Å². The van der Waals surface area contributed by atoms with Gasteiger partial charge in [-0.15, -0.1) is 0 Å². The van der Waals surface area contributed by atoms with Gasteiger partial charge in [0.1, 0.15) is 5.82 Å². The van der Waals surface area contributed by atoms with Gasteiger partial charge >= 0.3 is 0 Å². The third-order valence-electron chi connectivity index (χ3n) is 4.82. The minimum atomic E-state index is 0.699. The fraction of sp³-hybridized carbons (Fsp3) is 0.455. The van der Waals surface area contributed by atoms with Crippen molar-refractivity contribution in [2.75, 3.05) is 51.7 Å². The predicted molar refractivity (Wildman–Crippen MR) is 117 cm³/mol. The van der Waals surface area contributed by atoms with Crippen LogP contribution in [0, 0.1) is 0 Å². The number of aromatic nitrogens is 1. The lowest BCUT2D eigenvalue weighted by Gasteiger charge is -2.37. The van der Waals surface area contributed by atoms with Crippen molar-refractivity contribution in [3.05, 3.63) is 59.8 Å². The Hall–Kier alpha value is -2.60. The molecule has 2 aromatic rings. The maximum absolute atomic E-state index is 4.88. The van der Waals surface area contributed by atoms with E-state index >= 15 is 0 Å². The molecule has 28 heavy (non-hydrogen) atoms. The molecule has 0 amide bonds. The number of pyridine rings is 1. The van der Waals surface area contributed by atoms with Gasteiger partial charge in [0, 0.05) is 45.5 Å². The van der Waals surface area contributed by atoms with E-state index in [1.165, 1.54) is 11.1 Å². The number of piperazine rings is 1. The summed E-state index contributed by atoms with van der Waals surface area (Å²) in [5, 5.41) is 3.45. The zero-order chi connectivity index (χ0) is 19.8. The molecule has 0 radical (unpaired) electrons. The van der Waals surface area contributed by atoms with Crippen molar-refractivity contribution in [3.63, 3.8) is 0 Å². The first-order valence-corrected chi connectivity index (χ1v) is 10.1. The minimum absolute atomic E-state index is 0.699. The van der Waals surface area contributed by atoms with Crippen LogP contribution in [0.3, 0.4) is 0 Å². The molecule has 0 atom stereocenters. The highest BCUT2D eigenvalue weighted by Gasteiger charge is 2.20. The molecule has 1 aliphatic heterocycles. The smallest absolute Gasteiger partial charge is 0.194 e. The first kappa shape index (κ1) is 20.1. The monoisotopic (exact) mass is 380 g/mol. The zero-order valence-electron chi connectivity index (χ0n) is 17.3. The third-order valence-corrected chi connectivity index (χ3v) is 4.82. The summed E-state index contributed by atoms with van der Waals surface area (Å²) in [7, 11) is 4.18. The van der Waals surface area contributed by atoms with Crippen molar-refractivity contribution in [1.29, 1.82) is 0 Å². The average Bonchev–Trinajstić information content (AvgIpc) is 2.73. The molecule has 1 N–H and O–H groups in total. The first-order valence-electron chi connectivity index (χ1n) is 10.1. The molecule has 6 heteroatoms. The summed E-state index contributed by atoms with van der Waals surface area (Å²) in [5.41, 5.74) is 2.57. The maximum Gasteiger partial charge on any atom is 0.194 e. The molecule has 0 bridgehead atoms. The van der Waals surface area contributed by atoms with Crippen molar-refractivity contribution in [2.45, 2.75) is 20.0 Å². The Morgan fingerprint density at radius 2 is 1.75 bits per heavy atom. The van der Waals surface area contributed by atoms with Gasteiger partial charge in [-0.05, 0) is 44.3 Å². The highest BCUT2D eigenvalue weighted by Crippen LogP contribution is 2.13. The molecule has 0 aliphatic carbocycles. The number of guanidine groups is 1. The Morgan fingerprint density at radius 3 is 2.36 bits per heavy atom. The highest BCUT2D eigenvalue weighted by molar-refractivity contribution is 5.80. The van der Waals surface area contributed by atoms with Crippen molar-refractivity contribution < 1.29 is 0 Å². The number of aliphatic imine (C=N–C) groups is 1. The van der Waals surface area contributed by atoms with Gasteiger partial charge in [0.15, 0.2) is 5.96 Å². The molecule has 1 aromatic carbocycles. The van der Waals surface area contributed by atoms with E-state index in [4.69, 9.17) is 4.99 Å². The fourth-order valence-electron chi connectivity index (χ4n) is 3.40. The Kier molecular flexibility index (Phi) is 7.25. The summed E-state index contributed by atoms with van der Waals surface area (Å²) < 4.78 is 0.